The van der Waals surface area contributed by atoms with Crippen LogP contribution in [-0.4, -0.2) is 30.8 Å². The first-order valence-electron chi connectivity index (χ1n) is 5.51. The summed E-state index contributed by atoms with van der Waals surface area (Å²) in [5.41, 5.74) is -0.619. The quantitative estimate of drug-likeness (QED) is 0.577. The van der Waals surface area contributed by atoms with Crippen molar-refractivity contribution in [3.8, 4) is 0 Å². The first kappa shape index (κ1) is 18.2. The molecule has 0 aliphatic rings. The second kappa shape index (κ2) is 8.92. The Balaban J connectivity index is 0. The van der Waals surface area contributed by atoms with Crippen LogP contribution in [0.2, 0.25) is 0 Å². The summed E-state index contributed by atoms with van der Waals surface area (Å²) in [5, 5.41) is 0. The van der Waals surface area contributed by atoms with E-state index in [1.807, 2.05) is 20.8 Å². The van der Waals surface area contributed by atoms with E-state index in [-0.39, 0.29) is 6.15 Å². The molecule has 17 heavy (non-hydrogen) atoms. The Morgan fingerprint density at radius 3 is 1.88 bits per heavy atom. The van der Waals surface area contributed by atoms with Crippen LogP contribution in [-0.2, 0) is 19.1 Å². The number of hydrogen-bond donors (Lipinski definition) is 1. The SMILES string of the molecule is CCC(CC)(CC)OC(=O)C(=O)OCCF.N. The van der Waals surface area contributed by atoms with Gasteiger partial charge < -0.3 is 15.6 Å². The minimum absolute atomic E-state index is 0. The third-order valence-electron chi connectivity index (χ3n) is 2.72. The molecule has 6 heteroatoms. The Labute approximate surface area is 101 Å². The molecule has 0 aromatic rings. The van der Waals surface area contributed by atoms with Crippen LogP contribution in [0.5, 0.6) is 0 Å². The minimum atomic E-state index is -1.13. The molecule has 0 rings (SSSR count). The van der Waals surface area contributed by atoms with E-state index in [4.69, 9.17) is 4.74 Å². The van der Waals surface area contributed by atoms with Crippen LogP contribution < -0.4 is 6.15 Å². The minimum Gasteiger partial charge on any atom is -0.454 e. The second-order valence-electron chi connectivity index (χ2n) is 3.46. The van der Waals surface area contributed by atoms with E-state index < -0.39 is 30.8 Å². The van der Waals surface area contributed by atoms with Gasteiger partial charge in [0.15, 0.2) is 0 Å². The largest absolute Gasteiger partial charge is 0.454 e. The van der Waals surface area contributed by atoms with E-state index in [0.29, 0.717) is 19.3 Å². The molecule has 0 atom stereocenters. The maximum atomic E-state index is 11.7. The topological polar surface area (TPSA) is 87.6 Å². The van der Waals surface area contributed by atoms with Crippen molar-refractivity contribution < 1.29 is 23.5 Å². The van der Waals surface area contributed by atoms with Gasteiger partial charge in [-0.05, 0) is 19.3 Å². The smallest absolute Gasteiger partial charge is 0.418 e. The highest BCUT2D eigenvalue weighted by Gasteiger charge is 2.31. The van der Waals surface area contributed by atoms with Crippen molar-refractivity contribution in [3.05, 3.63) is 0 Å². The third-order valence-corrected chi connectivity index (χ3v) is 2.72. The average Bonchev–Trinajstić information content (AvgIpc) is 2.32. The molecular formula is C11H22FNO4. The van der Waals surface area contributed by atoms with Crippen molar-refractivity contribution in [2.75, 3.05) is 13.3 Å². The highest BCUT2D eigenvalue weighted by molar-refractivity contribution is 6.29. The van der Waals surface area contributed by atoms with E-state index in [9.17, 15) is 14.0 Å². The number of hydrogen-bond acceptors (Lipinski definition) is 5. The predicted octanol–water partition coefficient (Wildman–Crippen LogP) is 2.17. The second-order valence-corrected chi connectivity index (χ2v) is 3.46. The maximum absolute atomic E-state index is 11.7. The summed E-state index contributed by atoms with van der Waals surface area (Å²) in [4.78, 5) is 22.4. The van der Waals surface area contributed by atoms with Crippen molar-refractivity contribution in [1.82, 2.24) is 6.15 Å². The lowest BCUT2D eigenvalue weighted by molar-refractivity contribution is -0.178. The molecule has 102 valence electrons. The number of esters is 2. The molecule has 0 amide bonds. The van der Waals surface area contributed by atoms with Gasteiger partial charge in [-0.25, -0.2) is 14.0 Å². The summed E-state index contributed by atoms with van der Waals surface area (Å²) in [6, 6.07) is 0. The number of alkyl halides is 1. The summed E-state index contributed by atoms with van der Waals surface area (Å²) < 4.78 is 21.2. The van der Waals surface area contributed by atoms with Crippen LogP contribution in [0.3, 0.4) is 0 Å². The molecule has 0 unspecified atom stereocenters. The molecule has 0 aliphatic carbocycles. The van der Waals surface area contributed by atoms with Gasteiger partial charge in [0.05, 0.1) is 0 Å². The average molecular weight is 251 g/mol. The zero-order valence-electron chi connectivity index (χ0n) is 10.8. The molecule has 0 heterocycles. The molecule has 0 aromatic carbocycles. The van der Waals surface area contributed by atoms with Gasteiger partial charge in [-0.1, -0.05) is 20.8 Å². The van der Waals surface area contributed by atoms with Gasteiger partial charge in [-0.3, -0.25) is 0 Å². The Kier molecular flexibility index (Phi) is 9.55. The van der Waals surface area contributed by atoms with Crippen LogP contribution in [0.1, 0.15) is 40.0 Å². The number of carbonyl (C=O) groups excluding carboxylic acids is 2. The zero-order chi connectivity index (χ0) is 12.6. The lowest BCUT2D eigenvalue weighted by Crippen LogP contribution is -2.36. The predicted molar refractivity (Wildman–Crippen MR) is 61.7 cm³/mol. The fourth-order valence-electron chi connectivity index (χ4n) is 1.40. The Bertz CT molecular complexity index is 233. The summed E-state index contributed by atoms with van der Waals surface area (Å²) in [6.45, 7) is 4.43. The highest BCUT2D eigenvalue weighted by atomic mass is 19.1. The molecule has 0 saturated carbocycles. The van der Waals surface area contributed by atoms with E-state index in [2.05, 4.69) is 4.74 Å². The van der Waals surface area contributed by atoms with Gasteiger partial charge in [0.1, 0.15) is 18.9 Å². The fraction of sp³-hybridized carbons (Fsp3) is 0.818. The number of rotatable bonds is 6. The summed E-state index contributed by atoms with van der Waals surface area (Å²) in [6.07, 6.45) is 1.88. The van der Waals surface area contributed by atoms with Gasteiger partial charge in [0.2, 0.25) is 0 Å². The Morgan fingerprint density at radius 2 is 1.53 bits per heavy atom. The van der Waals surface area contributed by atoms with Gasteiger partial charge in [0.25, 0.3) is 0 Å². The number of halogens is 1. The first-order chi connectivity index (χ1) is 7.55. The van der Waals surface area contributed by atoms with Gasteiger partial charge in [0, 0.05) is 0 Å². The normalized spacial score (nSPS) is 10.4. The van der Waals surface area contributed by atoms with Crippen LogP contribution in [0.4, 0.5) is 4.39 Å². The lowest BCUT2D eigenvalue weighted by Gasteiger charge is -2.29. The van der Waals surface area contributed by atoms with E-state index >= 15 is 0 Å². The van der Waals surface area contributed by atoms with Crippen LogP contribution >= 0.6 is 0 Å². The molecular weight excluding hydrogens is 229 g/mol. The highest BCUT2D eigenvalue weighted by Crippen LogP contribution is 2.24. The molecule has 0 fully saturated rings. The van der Waals surface area contributed by atoms with Crippen molar-refractivity contribution in [3.63, 3.8) is 0 Å². The standard InChI is InChI=1S/C11H19FO4.H3N/c1-4-11(5-2,6-3)16-10(14)9(13)15-8-7-12;/h4-8H2,1-3H3;1H3. The first-order valence-corrected chi connectivity index (χ1v) is 5.51. The zero-order valence-corrected chi connectivity index (χ0v) is 10.8. The Morgan fingerprint density at radius 1 is 1.06 bits per heavy atom. The maximum Gasteiger partial charge on any atom is 0.418 e. The van der Waals surface area contributed by atoms with Crippen LogP contribution in [0, 0.1) is 0 Å². The van der Waals surface area contributed by atoms with Crippen molar-refractivity contribution in [2.45, 2.75) is 45.6 Å². The third kappa shape index (κ3) is 5.63. The van der Waals surface area contributed by atoms with Crippen molar-refractivity contribution >= 4 is 11.9 Å². The van der Waals surface area contributed by atoms with Crippen molar-refractivity contribution in [2.24, 2.45) is 0 Å². The molecule has 0 saturated heterocycles. The van der Waals surface area contributed by atoms with Gasteiger partial charge in [-0.2, -0.15) is 0 Å². The number of ether oxygens (including phenoxy) is 2. The van der Waals surface area contributed by atoms with E-state index in [0.717, 1.165) is 0 Å². The molecule has 0 bridgehead atoms. The van der Waals surface area contributed by atoms with Crippen LogP contribution in [0.25, 0.3) is 0 Å². The Hall–Kier alpha value is -1.17. The molecule has 0 radical (unpaired) electrons. The fourth-order valence-corrected chi connectivity index (χ4v) is 1.40. The van der Waals surface area contributed by atoms with Crippen LogP contribution in [0.15, 0.2) is 0 Å². The molecule has 0 spiro atoms. The molecule has 5 nitrogen and oxygen atoms in total. The summed E-state index contributed by atoms with van der Waals surface area (Å²) in [5.74, 6) is -2.17. The van der Waals surface area contributed by atoms with E-state index in [1.54, 1.807) is 0 Å². The summed E-state index contributed by atoms with van der Waals surface area (Å²) >= 11 is 0. The number of carbonyl (C=O) groups is 2. The summed E-state index contributed by atoms with van der Waals surface area (Å²) in [7, 11) is 0. The van der Waals surface area contributed by atoms with Crippen molar-refractivity contribution in [1.29, 1.82) is 0 Å². The lowest BCUT2D eigenvalue weighted by atomic mass is 9.94. The van der Waals surface area contributed by atoms with E-state index in [1.165, 1.54) is 0 Å². The monoisotopic (exact) mass is 251 g/mol. The molecule has 0 aromatic heterocycles. The molecule has 3 N–H and O–H groups in total. The molecule has 0 aliphatic heterocycles. The van der Waals surface area contributed by atoms with Gasteiger partial charge >= 0.3 is 11.9 Å². The van der Waals surface area contributed by atoms with Gasteiger partial charge in [-0.15, -0.1) is 0 Å².